The zero-order chi connectivity index (χ0) is 21.4. The van der Waals surface area contributed by atoms with Crippen LogP contribution in [-0.4, -0.2) is 60.9 Å². The number of rotatable bonds is 2. The molecule has 3 aliphatic rings. The van der Waals surface area contributed by atoms with E-state index < -0.39 is 5.41 Å². The van der Waals surface area contributed by atoms with Crippen LogP contribution in [0.15, 0.2) is 42.5 Å². The van der Waals surface area contributed by atoms with Crippen LogP contribution in [0.5, 0.6) is 0 Å². The van der Waals surface area contributed by atoms with Gasteiger partial charge in [-0.15, -0.1) is 0 Å². The van der Waals surface area contributed by atoms with Crippen LogP contribution in [0.1, 0.15) is 22.3 Å². The van der Waals surface area contributed by atoms with Crippen molar-refractivity contribution >= 4 is 17.5 Å². The second kappa shape index (κ2) is 7.71. The summed E-state index contributed by atoms with van der Waals surface area (Å²) in [5, 5.41) is 15.5. The summed E-state index contributed by atoms with van der Waals surface area (Å²) in [6, 6.07) is 13.8. The van der Waals surface area contributed by atoms with E-state index in [2.05, 4.69) is 22.9 Å². The number of nitrogens with one attached hydrogen (secondary N) is 2. The van der Waals surface area contributed by atoms with Gasteiger partial charge >= 0.3 is 0 Å². The van der Waals surface area contributed by atoms with Crippen LogP contribution in [0.25, 0.3) is 11.1 Å². The summed E-state index contributed by atoms with van der Waals surface area (Å²) in [6.07, 6.45) is 3.48. The van der Waals surface area contributed by atoms with Crippen molar-refractivity contribution < 1.29 is 9.59 Å². The number of amides is 2. The van der Waals surface area contributed by atoms with Crippen LogP contribution in [0.2, 0.25) is 0 Å². The summed E-state index contributed by atoms with van der Waals surface area (Å²) >= 11 is 0. The average molecular weight is 415 g/mol. The number of hydrogen-bond donors (Lipinski definition) is 2. The topological polar surface area (TPSA) is 88.5 Å². The fourth-order valence-corrected chi connectivity index (χ4v) is 4.91. The highest BCUT2D eigenvalue weighted by Crippen LogP contribution is 2.41. The van der Waals surface area contributed by atoms with E-state index in [0.29, 0.717) is 31.5 Å². The van der Waals surface area contributed by atoms with Gasteiger partial charge in [-0.05, 0) is 53.8 Å². The van der Waals surface area contributed by atoms with Gasteiger partial charge in [-0.2, -0.15) is 5.26 Å². The number of nitrogens with zero attached hydrogens (tertiary/aromatic N) is 3. The van der Waals surface area contributed by atoms with Crippen molar-refractivity contribution in [2.45, 2.75) is 12.8 Å². The molecule has 0 radical (unpaired) electrons. The standard InChI is InChI=1S/C24H25N5O2/c25-16-28-9-6-24(15-28)14-20-13-18(4-5-21(20)27-23(24)31)17-2-1-3-19(12-17)22(30)29-10-7-26-8-11-29/h1-5,12-13,26H,6-11,14-15H2,(H,27,31). The second-order valence-corrected chi connectivity index (χ2v) is 8.68. The quantitative estimate of drug-likeness (QED) is 0.733. The van der Waals surface area contributed by atoms with Gasteiger partial charge in [-0.1, -0.05) is 18.2 Å². The SMILES string of the molecule is N#CN1CCC2(Cc3cc(-c4cccc(C(=O)N5CCNCC5)c4)ccc3NC2=O)C1. The normalized spacial score (nSPS) is 22.7. The largest absolute Gasteiger partial charge is 0.336 e. The molecule has 2 aromatic rings. The van der Waals surface area contributed by atoms with Gasteiger partial charge in [-0.3, -0.25) is 9.59 Å². The Morgan fingerprint density at radius 2 is 1.87 bits per heavy atom. The minimum atomic E-state index is -0.540. The molecular weight excluding hydrogens is 390 g/mol. The monoisotopic (exact) mass is 415 g/mol. The molecule has 2 saturated heterocycles. The Morgan fingerprint density at radius 1 is 1.06 bits per heavy atom. The number of likely N-dealkylation sites (tertiary alicyclic amines) is 1. The third-order valence-electron chi connectivity index (χ3n) is 6.71. The molecule has 1 unspecified atom stereocenters. The second-order valence-electron chi connectivity index (χ2n) is 8.68. The van der Waals surface area contributed by atoms with Crippen molar-refractivity contribution in [1.29, 1.82) is 5.26 Å². The number of carbonyl (C=O) groups is 2. The molecule has 2 aromatic carbocycles. The maximum absolute atomic E-state index is 12.9. The van der Waals surface area contributed by atoms with Gasteiger partial charge in [0.15, 0.2) is 6.19 Å². The number of carbonyl (C=O) groups excluding carboxylic acids is 2. The fraction of sp³-hybridized carbons (Fsp3) is 0.375. The van der Waals surface area contributed by atoms with Gasteiger partial charge in [0.2, 0.25) is 5.91 Å². The summed E-state index contributed by atoms with van der Waals surface area (Å²) < 4.78 is 0. The Labute approximate surface area is 181 Å². The molecule has 31 heavy (non-hydrogen) atoms. The van der Waals surface area contributed by atoms with E-state index in [-0.39, 0.29) is 11.8 Å². The number of nitriles is 1. The lowest BCUT2D eigenvalue weighted by atomic mass is 9.76. The Bertz CT molecular complexity index is 1090. The lowest BCUT2D eigenvalue weighted by molar-refractivity contribution is -0.125. The zero-order valence-electron chi connectivity index (χ0n) is 17.4. The van der Waals surface area contributed by atoms with E-state index in [1.807, 2.05) is 41.3 Å². The highest BCUT2D eigenvalue weighted by Gasteiger charge is 2.47. The predicted octanol–water partition coefficient (Wildman–Crippen LogP) is 2.07. The zero-order valence-corrected chi connectivity index (χ0v) is 17.4. The van der Waals surface area contributed by atoms with Gasteiger partial charge < -0.3 is 20.4 Å². The predicted molar refractivity (Wildman–Crippen MR) is 117 cm³/mol. The highest BCUT2D eigenvalue weighted by atomic mass is 16.2. The fourth-order valence-electron chi connectivity index (χ4n) is 4.91. The Morgan fingerprint density at radius 3 is 2.65 bits per heavy atom. The molecular formula is C24H25N5O2. The summed E-state index contributed by atoms with van der Waals surface area (Å²) in [5.74, 6) is 0.0733. The molecule has 1 spiro atoms. The minimum Gasteiger partial charge on any atom is -0.336 e. The van der Waals surface area contributed by atoms with E-state index in [1.54, 1.807) is 4.90 Å². The molecule has 3 aliphatic heterocycles. The number of benzene rings is 2. The summed E-state index contributed by atoms with van der Waals surface area (Å²) in [5.41, 5.74) is 4.08. The number of anilines is 1. The van der Waals surface area contributed by atoms with Crippen LogP contribution in [0.4, 0.5) is 5.69 Å². The summed E-state index contributed by atoms with van der Waals surface area (Å²) in [7, 11) is 0. The molecule has 0 aromatic heterocycles. The molecule has 0 aliphatic carbocycles. The Balaban J connectivity index is 1.42. The lowest BCUT2D eigenvalue weighted by Gasteiger charge is -2.33. The van der Waals surface area contributed by atoms with E-state index in [9.17, 15) is 14.9 Å². The lowest BCUT2D eigenvalue weighted by Crippen LogP contribution is -2.46. The molecule has 0 bridgehead atoms. The van der Waals surface area contributed by atoms with E-state index >= 15 is 0 Å². The molecule has 5 rings (SSSR count). The Kier molecular flexibility index (Phi) is 4.87. The first-order chi connectivity index (χ1) is 15.1. The van der Waals surface area contributed by atoms with E-state index in [4.69, 9.17) is 0 Å². The molecule has 7 heteroatoms. The van der Waals surface area contributed by atoms with Crippen LogP contribution in [0, 0.1) is 16.9 Å². The molecule has 158 valence electrons. The molecule has 3 heterocycles. The number of hydrogen-bond acceptors (Lipinski definition) is 5. The van der Waals surface area contributed by atoms with Gasteiger partial charge in [0.1, 0.15) is 0 Å². The molecule has 2 amide bonds. The molecule has 2 N–H and O–H groups in total. The molecule has 0 saturated carbocycles. The van der Waals surface area contributed by atoms with Crippen molar-refractivity contribution in [2.75, 3.05) is 44.6 Å². The first-order valence-electron chi connectivity index (χ1n) is 10.8. The summed E-state index contributed by atoms with van der Waals surface area (Å²) in [4.78, 5) is 29.2. The molecule has 1 atom stereocenters. The van der Waals surface area contributed by atoms with E-state index in [1.165, 1.54) is 0 Å². The maximum atomic E-state index is 12.9. The van der Waals surface area contributed by atoms with Crippen LogP contribution in [-0.2, 0) is 11.2 Å². The first kappa shape index (κ1) is 19.6. The van der Waals surface area contributed by atoms with Crippen LogP contribution in [0.3, 0.4) is 0 Å². The smallest absolute Gasteiger partial charge is 0.253 e. The van der Waals surface area contributed by atoms with Crippen molar-refractivity contribution in [3.8, 4) is 17.3 Å². The minimum absolute atomic E-state index is 0.00844. The van der Waals surface area contributed by atoms with Crippen molar-refractivity contribution in [3.63, 3.8) is 0 Å². The van der Waals surface area contributed by atoms with Crippen molar-refractivity contribution in [1.82, 2.24) is 15.1 Å². The first-order valence-corrected chi connectivity index (χ1v) is 10.8. The van der Waals surface area contributed by atoms with Gasteiger partial charge in [0.05, 0.1) is 5.41 Å². The molecule has 2 fully saturated rings. The third kappa shape index (κ3) is 3.53. The highest BCUT2D eigenvalue weighted by molar-refractivity contribution is 5.99. The van der Waals surface area contributed by atoms with Crippen molar-refractivity contribution in [3.05, 3.63) is 53.6 Å². The number of fused-ring (bicyclic) bond motifs is 1. The van der Waals surface area contributed by atoms with E-state index in [0.717, 1.165) is 48.6 Å². The van der Waals surface area contributed by atoms with Gasteiger partial charge in [0, 0.05) is 50.5 Å². The van der Waals surface area contributed by atoms with Gasteiger partial charge in [0.25, 0.3) is 5.91 Å². The number of piperazine rings is 1. The third-order valence-corrected chi connectivity index (χ3v) is 6.71. The Hall–Kier alpha value is -3.37. The van der Waals surface area contributed by atoms with Crippen molar-refractivity contribution in [2.24, 2.45) is 5.41 Å². The maximum Gasteiger partial charge on any atom is 0.253 e. The van der Waals surface area contributed by atoms with Crippen LogP contribution >= 0.6 is 0 Å². The summed E-state index contributed by atoms with van der Waals surface area (Å²) in [6.45, 7) is 4.19. The van der Waals surface area contributed by atoms with Crippen LogP contribution < -0.4 is 10.6 Å². The molecule has 7 nitrogen and oxygen atoms in total. The van der Waals surface area contributed by atoms with Gasteiger partial charge in [-0.25, -0.2) is 0 Å². The average Bonchev–Trinajstić information content (AvgIpc) is 3.24.